The highest BCUT2D eigenvalue weighted by Crippen LogP contribution is 2.12. The van der Waals surface area contributed by atoms with Crippen molar-refractivity contribution in [3.05, 3.63) is 0 Å². The van der Waals surface area contributed by atoms with Gasteiger partial charge in [0.15, 0.2) is 0 Å². The molecule has 1 aliphatic heterocycles. The number of methoxy groups -OCH3 is 1. The summed E-state index contributed by atoms with van der Waals surface area (Å²) in [5.41, 5.74) is 0.00812. The minimum absolute atomic E-state index is 0.00812. The van der Waals surface area contributed by atoms with Crippen molar-refractivity contribution < 1.29 is 19.1 Å². The summed E-state index contributed by atoms with van der Waals surface area (Å²) in [6.45, 7) is 7.22. The fourth-order valence-corrected chi connectivity index (χ4v) is 1.41. The quantitative estimate of drug-likeness (QED) is 0.746. The largest absolute Gasteiger partial charge is 0.507 e. The molecule has 5 heteroatoms. The van der Waals surface area contributed by atoms with Crippen LogP contribution in [0.4, 0.5) is 4.79 Å². The Hall–Kier alpha value is -1.26. The van der Waals surface area contributed by atoms with Gasteiger partial charge in [-0.25, -0.2) is 4.79 Å². The highest BCUT2D eigenvalue weighted by Gasteiger charge is 2.13. The molecule has 1 fully saturated rings. The summed E-state index contributed by atoms with van der Waals surface area (Å²) >= 11 is 0. The van der Waals surface area contributed by atoms with Crippen LogP contribution in [0, 0.1) is 5.41 Å². The lowest BCUT2D eigenvalue weighted by atomic mass is 9.99. The molecular weight excluding hydrogens is 246 g/mol. The first kappa shape index (κ1) is 17.7. The van der Waals surface area contributed by atoms with Crippen LogP contribution >= 0.6 is 0 Å². The number of nitrogens with one attached hydrogen (secondary N) is 1. The van der Waals surface area contributed by atoms with Crippen molar-refractivity contribution in [1.82, 2.24) is 5.32 Å². The van der Waals surface area contributed by atoms with E-state index in [0.717, 1.165) is 25.8 Å². The molecule has 1 aliphatic rings. The van der Waals surface area contributed by atoms with Crippen LogP contribution in [0.25, 0.3) is 0 Å². The summed E-state index contributed by atoms with van der Waals surface area (Å²) in [5, 5.41) is 2.85. The summed E-state index contributed by atoms with van der Waals surface area (Å²) in [7, 11) is 1.30. The second-order valence-corrected chi connectivity index (χ2v) is 5.82. The fraction of sp³-hybridized carbons (Fsp3) is 0.857. The van der Waals surface area contributed by atoms with Crippen LogP contribution in [-0.4, -0.2) is 32.3 Å². The third-order valence-corrected chi connectivity index (χ3v) is 2.44. The van der Waals surface area contributed by atoms with Gasteiger partial charge in [0.05, 0.1) is 13.7 Å². The topological polar surface area (TPSA) is 64.6 Å². The first-order chi connectivity index (χ1) is 8.85. The van der Waals surface area contributed by atoms with Gasteiger partial charge in [-0.3, -0.25) is 4.79 Å². The van der Waals surface area contributed by atoms with E-state index in [1.165, 1.54) is 20.0 Å². The van der Waals surface area contributed by atoms with Gasteiger partial charge in [-0.1, -0.05) is 33.6 Å². The number of ether oxygens (including phenoxy) is 2. The lowest BCUT2D eigenvalue weighted by Crippen LogP contribution is -2.25. The lowest BCUT2D eigenvalue weighted by Gasteiger charge is -2.16. The van der Waals surface area contributed by atoms with Crippen molar-refractivity contribution in [1.29, 1.82) is 0 Å². The molecule has 1 N–H and O–H groups in total. The van der Waals surface area contributed by atoms with E-state index < -0.39 is 6.16 Å². The normalized spacial score (nSPS) is 16.1. The zero-order valence-corrected chi connectivity index (χ0v) is 12.6. The average molecular weight is 273 g/mol. The molecule has 0 saturated carbocycles. The minimum atomic E-state index is -0.616. The molecule has 0 aromatic rings. The standard InChI is InChI=1S/C7H13NO.C7H14O3/c9-7-5-3-1-2-4-6-8-7;1-7(2,3)5-10-6(8)9-4/h1-6H2,(H,8,9);5H2,1-4H3. The smallest absolute Gasteiger partial charge is 0.438 e. The lowest BCUT2D eigenvalue weighted by molar-refractivity contribution is -0.121. The number of carbonyl (C=O) groups excluding carboxylic acids is 2. The highest BCUT2D eigenvalue weighted by molar-refractivity contribution is 5.75. The summed E-state index contributed by atoms with van der Waals surface area (Å²) in [4.78, 5) is 21.1. The van der Waals surface area contributed by atoms with E-state index in [1.807, 2.05) is 20.8 Å². The van der Waals surface area contributed by atoms with Crippen LogP contribution in [0.1, 0.15) is 52.9 Å². The van der Waals surface area contributed by atoms with E-state index >= 15 is 0 Å². The maximum atomic E-state index is 10.7. The number of hydrogen-bond acceptors (Lipinski definition) is 4. The molecule has 0 aromatic heterocycles. The molecule has 19 heavy (non-hydrogen) atoms. The first-order valence-electron chi connectivity index (χ1n) is 6.82. The van der Waals surface area contributed by atoms with Crippen molar-refractivity contribution in [3.63, 3.8) is 0 Å². The SMILES string of the molecule is COC(=O)OCC(C)(C)C.O=C1CCCCCCN1. The summed E-state index contributed by atoms with van der Waals surface area (Å²) in [6.07, 6.45) is 4.86. The van der Waals surface area contributed by atoms with Gasteiger partial charge < -0.3 is 14.8 Å². The molecule has 0 atom stereocenters. The Morgan fingerprint density at radius 1 is 1.21 bits per heavy atom. The van der Waals surface area contributed by atoms with Crippen LogP contribution in [0.2, 0.25) is 0 Å². The molecule has 0 aliphatic carbocycles. The predicted molar refractivity (Wildman–Crippen MR) is 73.9 cm³/mol. The van der Waals surface area contributed by atoms with Crippen LogP contribution in [0.5, 0.6) is 0 Å². The summed E-state index contributed by atoms with van der Waals surface area (Å²) in [6, 6.07) is 0. The molecule has 1 saturated heterocycles. The molecule has 1 rings (SSSR count). The van der Waals surface area contributed by atoms with Gasteiger partial charge in [0.1, 0.15) is 0 Å². The predicted octanol–water partition coefficient (Wildman–Crippen LogP) is 2.88. The first-order valence-corrected chi connectivity index (χ1v) is 6.82. The molecule has 0 spiro atoms. The number of carbonyl (C=O) groups is 2. The zero-order chi connectivity index (χ0) is 14.7. The number of amides is 1. The Balaban J connectivity index is 0.000000342. The third-order valence-electron chi connectivity index (χ3n) is 2.44. The van der Waals surface area contributed by atoms with E-state index in [1.54, 1.807) is 0 Å². The Morgan fingerprint density at radius 2 is 1.84 bits per heavy atom. The van der Waals surface area contributed by atoms with Gasteiger partial charge in [-0.05, 0) is 18.3 Å². The van der Waals surface area contributed by atoms with Crippen molar-refractivity contribution >= 4 is 12.1 Å². The maximum Gasteiger partial charge on any atom is 0.507 e. The highest BCUT2D eigenvalue weighted by atomic mass is 16.7. The Labute approximate surface area is 116 Å². The minimum Gasteiger partial charge on any atom is -0.438 e. The van der Waals surface area contributed by atoms with E-state index in [-0.39, 0.29) is 11.3 Å². The molecule has 5 nitrogen and oxygen atoms in total. The van der Waals surface area contributed by atoms with Gasteiger partial charge in [-0.2, -0.15) is 0 Å². The summed E-state index contributed by atoms with van der Waals surface area (Å²) in [5.74, 6) is 0.231. The Morgan fingerprint density at radius 3 is 2.42 bits per heavy atom. The van der Waals surface area contributed by atoms with Gasteiger partial charge >= 0.3 is 6.16 Å². The zero-order valence-electron chi connectivity index (χ0n) is 12.6. The van der Waals surface area contributed by atoms with Crippen LogP contribution in [0.3, 0.4) is 0 Å². The maximum absolute atomic E-state index is 10.7. The van der Waals surface area contributed by atoms with E-state index in [2.05, 4.69) is 10.1 Å². The van der Waals surface area contributed by atoms with Crippen molar-refractivity contribution in [2.75, 3.05) is 20.3 Å². The van der Waals surface area contributed by atoms with E-state index in [0.29, 0.717) is 6.61 Å². The second-order valence-electron chi connectivity index (χ2n) is 5.82. The third kappa shape index (κ3) is 13.0. The molecule has 1 heterocycles. The van der Waals surface area contributed by atoms with Crippen LogP contribution in [0.15, 0.2) is 0 Å². The Kier molecular flexibility index (Phi) is 9.00. The summed E-state index contributed by atoms with van der Waals surface area (Å²) < 4.78 is 8.98. The van der Waals surface area contributed by atoms with Gasteiger partial charge in [0.2, 0.25) is 5.91 Å². The van der Waals surface area contributed by atoms with Gasteiger partial charge in [-0.15, -0.1) is 0 Å². The molecule has 0 aromatic carbocycles. The van der Waals surface area contributed by atoms with Crippen molar-refractivity contribution in [2.45, 2.75) is 52.9 Å². The monoisotopic (exact) mass is 273 g/mol. The molecule has 0 radical (unpaired) electrons. The Bertz CT molecular complexity index is 261. The van der Waals surface area contributed by atoms with E-state index in [9.17, 15) is 9.59 Å². The average Bonchev–Trinajstić information content (AvgIpc) is 2.31. The van der Waals surface area contributed by atoms with Crippen LogP contribution < -0.4 is 5.32 Å². The number of rotatable bonds is 1. The number of hydrogen-bond donors (Lipinski definition) is 1. The fourth-order valence-electron chi connectivity index (χ4n) is 1.41. The molecular formula is C14H27NO4. The molecule has 0 bridgehead atoms. The van der Waals surface area contributed by atoms with Crippen molar-refractivity contribution in [2.24, 2.45) is 5.41 Å². The van der Waals surface area contributed by atoms with Gasteiger partial charge in [0, 0.05) is 13.0 Å². The van der Waals surface area contributed by atoms with Crippen LogP contribution in [-0.2, 0) is 14.3 Å². The molecule has 112 valence electrons. The van der Waals surface area contributed by atoms with Crippen molar-refractivity contribution in [3.8, 4) is 0 Å². The van der Waals surface area contributed by atoms with E-state index in [4.69, 9.17) is 4.74 Å². The molecule has 1 amide bonds. The second kappa shape index (κ2) is 9.64. The molecule has 0 unspecified atom stereocenters. The van der Waals surface area contributed by atoms with Gasteiger partial charge in [0.25, 0.3) is 0 Å².